The number of carbonyl (C=O) groups excluding carboxylic acids is 1. The Morgan fingerprint density at radius 3 is 2.89 bits per heavy atom. The molecule has 0 saturated carbocycles. The molecular weight excluding hydrogens is 257 g/mol. The van der Waals surface area contributed by atoms with Crippen molar-refractivity contribution < 1.29 is 13.9 Å². The van der Waals surface area contributed by atoms with Crippen molar-refractivity contribution >= 4 is 17.5 Å². The Balaban J connectivity index is 2.71. The lowest BCUT2D eigenvalue weighted by Gasteiger charge is -2.16. The molecule has 0 aliphatic carbocycles. The maximum absolute atomic E-state index is 13.1. The molecule has 0 bridgehead atoms. The largest absolute Gasteiger partial charge is 0.385 e. The number of amides is 1. The highest BCUT2D eigenvalue weighted by atomic mass is 35.5. The lowest BCUT2D eigenvalue weighted by Crippen LogP contribution is -2.37. The second-order valence-electron chi connectivity index (χ2n) is 4.07. The van der Waals surface area contributed by atoms with Crippen molar-refractivity contribution in [2.45, 2.75) is 19.4 Å². The van der Waals surface area contributed by atoms with Gasteiger partial charge in [-0.1, -0.05) is 6.07 Å². The van der Waals surface area contributed by atoms with E-state index < -0.39 is 5.82 Å². The first-order chi connectivity index (χ1) is 8.58. The number of aryl methyl sites for hydroxylation is 1. The van der Waals surface area contributed by atoms with Crippen LogP contribution in [-0.2, 0) is 4.74 Å². The Labute approximate surface area is 111 Å². The molecular formula is C13H17ClFNO2. The predicted octanol–water partition coefficient (Wildman–Crippen LogP) is 2.51. The van der Waals surface area contributed by atoms with E-state index >= 15 is 0 Å². The number of nitrogens with one attached hydrogen (secondary N) is 1. The summed E-state index contributed by atoms with van der Waals surface area (Å²) in [5, 5.41) is 2.77. The molecule has 1 rings (SSSR count). The first-order valence-electron chi connectivity index (χ1n) is 5.70. The molecule has 0 aliphatic heterocycles. The zero-order valence-electron chi connectivity index (χ0n) is 10.5. The minimum Gasteiger partial charge on any atom is -0.385 e. The van der Waals surface area contributed by atoms with Gasteiger partial charge < -0.3 is 10.1 Å². The van der Waals surface area contributed by atoms with Crippen molar-refractivity contribution in [3.63, 3.8) is 0 Å². The van der Waals surface area contributed by atoms with Crippen LogP contribution in [-0.4, -0.2) is 31.5 Å². The lowest BCUT2D eigenvalue weighted by molar-refractivity contribution is 0.0929. The van der Waals surface area contributed by atoms with Gasteiger partial charge in [0.25, 0.3) is 5.91 Å². The van der Waals surface area contributed by atoms with E-state index in [0.717, 1.165) is 5.56 Å². The first-order valence-corrected chi connectivity index (χ1v) is 6.24. The maximum Gasteiger partial charge on any atom is 0.251 e. The Hall–Kier alpha value is -1.13. The number of methoxy groups -OCH3 is 1. The van der Waals surface area contributed by atoms with Crippen molar-refractivity contribution in [1.29, 1.82) is 0 Å². The van der Waals surface area contributed by atoms with Crippen LogP contribution in [0.4, 0.5) is 4.39 Å². The molecule has 0 heterocycles. The number of carbonyl (C=O) groups is 1. The zero-order chi connectivity index (χ0) is 13.5. The molecule has 18 heavy (non-hydrogen) atoms. The second kappa shape index (κ2) is 7.34. The minimum atomic E-state index is -0.426. The van der Waals surface area contributed by atoms with Crippen molar-refractivity contribution in [3.8, 4) is 0 Å². The van der Waals surface area contributed by atoms with E-state index in [4.69, 9.17) is 16.3 Å². The van der Waals surface area contributed by atoms with Crippen LogP contribution < -0.4 is 5.32 Å². The monoisotopic (exact) mass is 273 g/mol. The van der Waals surface area contributed by atoms with Crippen LogP contribution >= 0.6 is 11.6 Å². The van der Waals surface area contributed by atoms with E-state index in [1.165, 1.54) is 12.1 Å². The van der Waals surface area contributed by atoms with E-state index in [1.807, 2.05) is 0 Å². The summed E-state index contributed by atoms with van der Waals surface area (Å²) in [6.07, 6.45) is 0.625. The molecule has 1 amide bonds. The van der Waals surface area contributed by atoms with Crippen LogP contribution in [0.3, 0.4) is 0 Å². The van der Waals surface area contributed by atoms with Crippen LogP contribution in [0.1, 0.15) is 22.3 Å². The summed E-state index contributed by atoms with van der Waals surface area (Å²) in [4.78, 5) is 12.0. The van der Waals surface area contributed by atoms with Crippen LogP contribution in [0.25, 0.3) is 0 Å². The van der Waals surface area contributed by atoms with Gasteiger partial charge in [-0.3, -0.25) is 4.79 Å². The Kier molecular flexibility index (Phi) is 6.09. The number of alkyl halides is 1. The summed E-state index contributed by atoms with van der Waals surface area (Å²) in [7, 11) is 1.59. The third-order valence-corrected chi connectivity index (χ3v) is 3.01. The molecule has 0 aromatic heterocycles. The molecule has 0 spiro atoms. The summed E-state index contributed by atoms with van der Waals surface area (Å²) < 4.78 is 18.0. The molecule has 0 fully saturated rings. The van der Waals surface area contributed by atoms with E-state index in [0.29, 0.717) is 24.5 Å². The molecule has 1 unspecified atom stereocenters. The van der Waals surface area contributed by atoms with E-state index in [-0.39, 0.29) is 11.9 Å². The number of hydrogen-bond donors (Lipinski definition) is 1. The summed E-state index contributed by atoms with van der Waals surface area (Å²) in [5.74, 6) is -0.442. The normalized spacial score (nSPS) is 12.2. The number of halogens is 2. The SMILES string of the molecule is COCCC(CCl)NC(=O)c1cc(F)ccc1C. The third kappa shape index (κ3) is 4.27. The average Bonchev–Trinajstić information content (AvgIpc) is 2.37. The molecule has 1 N–H and O–H groups in total. The van der Waals surface area contributed by atoms with Crippen molar-refractivity contribution in [2.24, 2.45) is 0 Å². The number of ether oxygens (including phenoxy) is 1. The van der Waals surface area contributed by atoms with Crippen LogP contribution in [0, 0.1) is 12.7 Å². The van der Waals surface area contributed by atoms with Crippen molar-refractivity contribution in [2.75, 3.05) is 19.6 Å². The molecule has 0 aliphatic rings. The fourth-order valence-electron chi connectivity index (χ4n) is 1.55. The van der Waals surface area contributed by atoms with Crippen LogP contribution in [0.5, 0.6) is 0 Å². The fourth-order valence-corrected chi connectivity index (χ4v) is 1.78. The molecule has 0 radical (unpaired) electrons. The van der Waals surface area contributed by atoms with Gasteiger partial charge in [-0.25, -0.2) is 4.39 Å². The first kappa shape index (κ1) is 14.9. The van der Waals surface area contributed by atoms with Gasteiger partial charge in [0.15, 0.2) is 0 Å². The average molecular weight is 274 g/mol. The van der Waals surface area contributed by atoms with Gasteiger partial charge in [-0.15, -0.1) is 11.6 Å². The highest BCUT2D eigenvalue weighted by Gasteiger charge is 2.15. The molecule has 1 aromatic rings. The van der Waals surface area contributed by atoms with Gasteiger partial charge in [0, 0.05) is 31.2 Å². The van der Waals surface area contributed by atoms with Gasteiger partial charge in [0.05, 0.1) is 0 Å². The fraction of sp³-hybridized carbons (Fsp3) is 0.462. The predicted molar refractivity (Wildman–Crippen MR) is 69.6 cm³/mol. The van der Waals surface area contributed by atoms with Crippen LogP contribution in [0.2, 0.25) is 0 Å². The Morgan fingerprint density at radius 1 is 1.56 bits per heavy atom. The van der Waals surface area contributed by atoms with Gasteiger partial charge in [0.1, 0.15) is 5.82 Å². The quantitative estimate of drug-likeness (QED) is 0.809. The maximum atomic E-state index is 13.1. The van der Waals surface area contributed by atoms with Gasteiger partial charge in [-0.2, -0.15) is 0 Å². The molecule has 1 atom stereocenters. The van der Waals surface area contributed by atoms with E-state index in [9.17, 15) is 9.18 Å². The zero-order valence-corrected chi connectivity index (χ0v) is 11.3. The van der Waals surface area contributed by atoms with E-state index in [2.05, 4.69) is 5.32 Å². The van der Waals surface area contributed by atoms with E-state index in [1.54, 1.807) is 20.1 Å². The number of hydrogen-bond acceptors (Lipinski definition) is 2. The van der Waals surface area contributed by atoms with Crippen molar-refractivity contribution in [1.82, 2.24) is 5.32 Å². The molecule has 3 nitrogen and oxygen atoms in total. The Morgan fingerprint density at radius 2 is 2.28 bits per heavy atom. The van der Waals surface area contributed by atoms with Gasteiger partial charge >= 0.3 is 0 Å². The highest BCUT2D eigenvalue weighted by Crippen LogP contribution is 2.11. The highest BCUT2D eigenvalue weighted by molar-refractivity contribution is 6.18. The van der Waals surface area contributed by atoms with Crippen LogP contribution in [0.15, 0.2) is 18.2 Å². The molecule has 100 valence electrons. The molecule has 1 aromatic carbocycles. The standard InChI is InChI=1S/C13H17ClFNO2/c1-9-3-4-10(15)7-12(9)13(17)16-11(8-14)5-6-18-2/h3-4,7,11H,5-6,8H2,1-2H3,(H,16,17). The third-order valence-electron chi connectivity index (χ3n) is 2.64. The lowest BCUT2D eigenvalue weighted by atomic mass is 10.1. The number of benzene rings is 1. The summed E-state index contributed by atoms with van der Waals surface area (Å²) in [6, 6.07) is 3.96. The van der Waals surface area contributed by atoms with Crippen molar-refractivity contribution in [3.05, 3.63) is 35.1 Å². The smallest absolute Gasteiger partial charge is 0.251 e. The minimum absolute atomic E-state index is 0.179. The summed E-state index contributed by atoms with van der Waals surface area (Å²) >= 11 is 5.76. The topological polar surface area (TPSA) is 38.3 Å². The summed E-state index contributed by atoms with van der Waals surface area (Å²) in [5.41, 5.74) is 1.07. The molecule has 0 saturated heterocycles. The summed E-state index contributed by atoms with van der Waals surface area (Å²) in [6.45, 7) is 2.28. The van der Waals surface area contributed by atoms with Gasteiger partial charge in [-0.05, 0) is 31.0 Å². The second-order valence-corrected chi connectivity index (χ2v) is 4.37. The Bertz CT molecular complexity index is 412. The number of rotatable bonds is 6. The molecule has 5 heteroatoms. The van der Waals surface area contributed by atoms with Gasteiger partial charge in [0.2, 0.25) is 0 Å².